The maximum Gasteiger partial charge on any atom is 0.246 e. The number of Topliss-reactive ketones (excluding diaryl/α,β-unsaturated/α-hetero) is 1. The molecule has 0 bridgehead atoms. The average Bonchev–Trinajstić information content (AvgIpc) is 3.18. The van der Waals surface area contributed by atoms with Crippen molar-refractivity contribution >= 4 is 34.7 Å². The fourth-order valence-corrected chi connectivity index (χ4v) is 4.67. The van der Waals surface area contributed by atoms with Gasteiger partial charge in [-0.25, -0.2) is 0 Å². The Kier molecular flexibility index (Phi) is 8.33. The lowest BCUT2D eigenvalue weighted by molar-refractivity contribution is -0.141. The van der Waals surface area contributed by atoms with E-state index in [9.17, 15) is 9.59 Å². The predicted molar refractivity (Wildman–Crippen MR) is 145 cm³/mol. The second-order valence-electron chi connectivity index (χ2n) is 11.5. The molecule has 1 saturated heterocycles. The van der Waals surface area contributed by atoms with Gasteiger partial charge in [0.1, 0.15) is 23.5 Å². The summed E-state index contributed by atoms with van der Waals surface area (Å²) in [4.78, 5) is 28.2. The zero-order chi connectivity index (χ0) is 26.8. The van der Waals surface area contributed by atoms with E-state index in [1.807, 2.05) is 78.8 Å². The van der Waals surface area contributed by atoms with Crippen molar-refractivity contribution in [2.75, 3.05) is 18.4 Å². The normalized spacial score (nSPS) is 21.2. The van der Waals surface area contributed by atoms with Crippen LogP contribution in [0.4, 0.5) is 5.69 Å². The second kappa shape index (κ2) is 10.8. The number of hydrogen-bond donors (Lipinski definition) is 2. The number of halogens is 1. The number of hydrogen-bond acceptors (Lipinski definition) is 6. The highest BCUT2D eigenvalue weighted by Crippen LogP contribution is 2.35. The third-order valence-electron chi connectivity index (χ3n) is 6.21. The van der Waals surface area contributed by atoms with Crippen molar-refractivity contribution in [2.24, 2.45) is 5.41 Å². The molecule has 0 radical (unpaired) electrons. The summed E-state index contributed by atoms with van der Waals surface area (Å²) in [6, 6.07) is 4.48. The number of anilines is 1. The molecule has 8 heteroatoms. The van der Waals surface area contributed by atoms with Gasteiger partial charge in [-0.3, -0.25) is 9.59 Å². The van der Waals surface area contributed by atoms with Gasteiger partial charge in [0.05, 0.1) is 12.6 Å². The topological polar surface area (TPSA) is 79.9 Å². The minimum atomic E-state index is -0.590. The average molecular weight is 518 g/mol. The standard InChI is InChI=1S/C28H40ClN3O4/c1-9-24(36-28(6,7)8)31-25(27(3,4)5)26(34)32-16-19(15-22(32)17(2)33)35-23-12-13-30-21-14-18(29)10-11-20(21)23/h9-12,14,19,22,25,30-31H,13,15-16H2,1-8H3/b24-9+/t19-,22+,25-/m1/s1. The Bertz CT molecular complexity index is 1050. The monoisotopic (exact) mass is 517 g/mol. The molecule has 1 aromatic rings. The molecule has 3 rings (SSSR count). The van der Waals surface area contributed by atoms with Crippen molar-refractivity contribution in [3.63, 3.8) is 0 Å². The number of benzene rings is 1. The van der Waals surface area contributed by atoms with Crippen LogP contribution < -0.4 is 10.6 Å². The molecule has 0 aliphatic carbocycles. The lowest BCUT2D eigenvalue weighted by atomic mass is 9.85. The fraction of sp³-hybridized carbons (Fsp3) is 0.571. The number of carbonyl (C=O) groups excluding carboxylic acids is 2. The number of rotatable bonds is 7. The summed E-state index contributed by atoms with van der Waals surface area (Å²) in [5, 5.41) is 7.26. The van der Waals surface area contributed by atoms with Crippen molar-refractivity contribution in [3.8, 4) is 0 Å². The third kappa shape index (κ3) is 6.75. The molecular formula is C28H40ClN3O4. The van der Waals surface area contributed by atoms with Gasteiger partial charge in [-0.05, 0) is 70.4 Å². The number of ether oxygens (including phenoxy) is 2. The quantitative estimate of drug-likeness (QED) is 0.474. The van der Waals surface area contributed by atoms with E-state index >= 15 is 0 Å². The van der Waals surface area contributed by atoms with Gasteiger partial charge in [0.2, 0.25) is 5.91 Å². The van der Waals surface area contributed by atoms with E-state index in [0.717, 1.165) is 17.0 Å². The Morgan fingerprint density at radius 2 is 1.92 bits per heavy atom. The molecule has 0 spiro atoms. The van der Waals surface area contributed by atoms with Crippen molar-refractivity contribution < 1.29 is 19.1 Å². The summed E-state index contributed by atoms with van der Waals surface area (Å²) >= 11 is 6.15. The number of likely N-dealkylation sites (tertiary alicyclic amines) is 1. The third-order valence-corrected chi connectivity index (χ3v) is 6.45. The van der Waals surface area contributed by atoms with Gasteiger partial charge < -0.3 is 25.0 Å². The van der Waals surface area contributed by atoms with Crippen LogP contribution >= 0.6 is 11.6 Å². The minimum absolute atomic E-state index is 0.0502. The van der Waals surface area contributed by atoms with Crippen LogP contribution in [0.15, 0.2) is 36.2 Å². The molecule has 2 N–H and O–H groups in total. The number of carbonyl (C=O) groups is 2. The first-order valence-electron chi connectivity index (χ1n) is 12.5. The molecule has 0 unspecified atom stereocenters. The van der Waals surface area contributed by atoms with E-state index < -0.39 is 23.1 Å². The molecule has 1 fully saturated rings. The first-order valence-corrected chi connectivity index (χ1v) is 12.9. The van der Waals surface area contributed by atoms with Crippen LogP contribution in [0.2, 0.25) is 5.02 Å². The molecule has 3 atom stereocenters. The van der Waals surface area contributed by atoms with Gasteiger partial charge in [-0.2, -0.15) is 0 Å². The van der Waals surface area contributed by atoms with Crippen molar-refractivity contribution in [1.82, 2.24) is 10.2 Å². The summed E-state index contributed by atoms with van der Waals surface area (Å²) < 4.78 is 12.4. The van der Waals surface area contributed by atoms with Crippen LogP contribution in [-0.2, 0) is 19.1 Å². The van der Waals surface area contributed by atoms with Gasteiger partial charge in [0.15, 0.2) is 11.7 Å². The number of allylic oxidation sites excluding steroid dienone is 1. The van der Waals surface area contributed by atoms with Gasteiger partial charge in [0, 0.05) is 29.2 Å². The van der Waals surface area contributed by atoms with E-state index in [1.165, 1.54) is 6.92 Å². The lowest BCUT2D eigenvalue weighted by Crippen LogP contribution is -2.55. The molecule has 198 valence electrons. The number of amides is 1. The summed E-state index contributed by atoms with van der Waals surface area (Å²) in [5.41, 5.74) is 0.977. The van der Waals surface area contributed by atoms with Crippen LogP contribution in [0.25, 0.3) is 5.76 Å². The molecule has 2 aliphatic rings. The Morgan fingerprint density at radius 3 is 2.50 bits per heavy atom. The highest BCUT2D eigenvalue weighted by atomic mass is 35.5. The SMILES string of the molecule is C/C=C(\N[C@H](C(=O)N1C[C@H](OC2=CCNc3cc(Cl)ccc32)C[C@H]1C(C)=O)C(C)(C)C)OC(C)(C)C. The Labute approximate surface area is 220 Å². The van der Waals surface area contributed by atoms with Gasteiger partial charge in [-0.15, -0.1) is 0 Å². The van der Waals surface area contributed by atoms with Crippen LogP contribution in [0.5, 0.6) is 0 Å². The van der Waals surface area contributed by atoms with E-state index in [2.05, 4.69) is 10.6 Å². The number of nitrogens with one attached hydrogen (secondary N) is 2. The largest absolute Gasteiger partial charge is 0.488 e. The number of nitrogens with zero attached hydrogens (tertiary/aromatic N) is 1. The first-order chi connectivity index (χ1) is 16.7. The fourth-order valence-electron chi connectivity index (χ4n) is 4.50. The van der Waals surface area contributed by atoms with E-state index in [4.69, 9.17) is 21.1 Å². The Balaban J connectivity index is 1.81. The highest BCUT2D eigenvalue weighted by Gasteiger charge is 2.44. The summed E-state index contributed by atoms with van der Waals surface area (Å²) in [6.07, 6.45) is 3.94. The van der Waals surface area contributed by atoms with Crippen LogP contribution in [0, 0.1) is 5.41 Å². The molecule has 36 heavy (non-hydrogen) atoms. The summed E-state index contributed by atoms with van der Waals surface area (Å²) in [6.45, 7) is 16.2. The lowest BCUT2D eigenvalue weighted by Gasteiger charge is -2.37. The van der Waals surface area contributed by atoms with Gasteiger partial charge in [0.25, 0.3) is 0 Å². The van der Waals surface area contributed by atoms with E-state index in [0.29, 0.717) is 30.4 Å². The first kappa shape index (κ1) is 27.9. The summed E-state index contributed by atoms with van der Waals surface area (Å²) in [7, 11) is 0. The van der Waals surface area contributed by atoms with Crippen LogP contribution in [-0.4, -0.2) is 53.5 Å². The summed E-state index contributed by atoms with van der Waals surface area (Å²) in [5.74, 6) is 1.09. The molecule has 0 saturated carbocycles. The molecule has 0 aromatic heterocycles. The number of fused-ring (bicyclic) bond motifs is 1. The number of ketones is 1. The predicted octanol–water partition coefficient (Wildman–Crippen LogP) is 5.36. The zero-order valence-corrected chi connectivity index (χ0v) is 23.5. The Morgan fingerprint density at radius 1 is 1.22 bits per heavy atom. The Hall–Kier alpha value is -2.67. The van der Waals surface area contributed by atoms with Crippen molar-refractivity contribution in [3.05, 3.63) is 46.8 Å². The maximum atomic E-state index is 13.9. The van der Waals surface area contributed by atoms with Crippen molar-refractivity contribution in [2.45, 2.75) is 85.6 Å². The van der Waals surface area contributed by atoms with E-state index in [-0.39, 0.29) is 17.8 Å². The molecule has 2 aliphatic heterocycles. The molecule has 1 amide bonds. The van der Waals surface area contributed by atoms with E-state index in [1.54, 1.807) is 4.90 Å². The smallest absolute Gasteiger partial charge is 0.246 e. The van der Waals surface area contributed by atoms with Gasteiger partial charge in [-0.1, -0.05) is 32.4 Å². The second-order valence-corrected chi connectivity index (χ2v) is 12.0. The molecule has 7 nitrogen and oxygen atoms in total. The highest BCUT2D eigenvalue weighted by molar-refractivity contribution is 6.31. The van der Waals surface area contributed by atoms with Gasteiger partial charge >= 0.3 is 0 Å². The molecule has 1 aromatic carbocycles. The maximum absolute atomic E-state index is 13.9. The van der Waals surface area contributed by atoms with Crippen molar-refractivity contribution in [1.29, 1.82) is 0 Å². The van der Waals surface area contributed by atoms with Crippen LogP contribution in [0.1, 0.15) is 67.4 Å². The zero-order valence-electron chi connectivity index (χ0n) is 22.7. The minimum Gasteiger partial charge on any atom is -0.488 e. The molecular weight excluding hydrogens is 478 g/mol. The molecule has 2 heterocycles. The van der Waals surface area contributed by atoms with Crippen LogP contribution in [0.3, 0.4) is 0 Å².